The molecule has 0 saturated carbocycles. The molecule has 0 radical (unpaired) electrons. The predicted molar refractivity (Wildman–Crippen MR) is 149 cm³/mol. The molecule has 4 nitrogen and oxygen atoms in total. The van der Waals surface area contributed by atoms with Crippen LogP contribution in [0.25, 0.3) is 10.6 Å². The van der Waals surface area contributed by atoms with Crippen molar-refractivity contribution in [3.63, 3.8) is 0 Å². The molecule has 4 rings (SSSR count). The van der Waals surface area contributed by atoms with Crippen molar-refractivity contribution in [1.29, 1.82) is 0 Å². The monoisotopic (exact) mass is 508 g/mol. The Morgan fingerprint density at radius 3 is 1.03 bits per heavy atom. The average molecular weight is 509 g/mol. The average Bonchev–Trinajstić information content (AvgIpc) is 2.83. The zero-order chi connectivity index (χ0) is 24.5. The molecule has 0 aromatic heterocycles. The SMILES string of the molecule is Cc1ccccc1[N-]c1ccccc1N(C)C.Cc1ccccc1[N-]c1ccccc1N(C)C.[Ni+2]. The maximum absolute atomic E-state index is 4.72. The molecule has 184 valence electrons. The molecule has 0 fully saturated rings. The first-order valence-electron chi connectivity index (χ1n) is 11.4. The summed E-state index contributed by atoms with van der Waals surface area (Å²) in [5, 5.41) is 9.44. The number of rotatable bonds is 6. The minimum absolute atomic E-state index is 0. The number of benzene rings is 4. The number of aryl methyl sites for hydroxylation is 2. The summed E-state index contributed by atoms with van der Waals surface area (Å²) < 4.78 is 0. The molecule has 0 N–H and O–H groups in total. The van der Waals surface area contributed by atoms with E-state index >= 15 is 0 Å². The number of anilines is 2. The van der Waals surface area contributed by atoms with E-state index in [-0.39, 0.29) is 16.5 Å². The number of hydrogen-bond donors (Lipinski definition) is 0. The molecular formula is C30H34N4Ni. The maximum atomic E-state index is 4.72. The van der Waals surface area contributed by atoms with Gasteiger partial charge in [-0.3, -0.25) is 0 Å². The summed E-state index contributed by atoms with van der Waals surface area (Å²) in [6, 6.07) is 32.7. The van der Waals surface area contributed by atoms with E-state index < -0.39 is 0 Å². The van der Waals surface area contributed by atoms with Crippen LogP contribution in [0, 0.1) is 13.8 Å². The van der Waals surface area contributed by atoms with Crippen LogP contribution in [0.3, 0.4) is 0 Å². The van der Waals surface area contributed by atoms with Crippen molar-refractivity contribution in [2.45, 2.75) is 13.8 Å². The van der Waals surface area contributed by atoms with Crippen molar-refractivity contribution in [2.75, 3.05) is 38.0 Å². The quantitative estimate of drug-likeness (QED) is 0.244. The fraction of sp³-hybridized carbons (Fsp3) is 0.200. The Morgan fingerprint density at radius 1 is 0.429 bits per heavy atom. The number of para-hydroxylation sites is 6. The van der Waals surface area contributed by atoms with Gasteiger partial charge in [0.2, 0.25) is 0 Å². The third-order valence-electron chi connectivity index (χ3n) is 5.44. The van der Waals surface area contributed by atoms with Crippen molar-refractivity contribution >= 4 is 34.1 Å². The van der Waals surface area contributed by atoms with Gasteiger partial charge >= 0.3 is 16.5 Å². The molecule has 0 unspecified atom stereocenters. The largest absolute Gasteiger partial charge is 2.00 e. The standard InChI is InChI=1S/2C15H17N2.Ni/c2*1-12-8-4-5-9-13(12)16-14-10-6-7-11-15(14)17(2)3;/h2*4-11H,1-3H3;/q2*-1;+2. The summed E-state index contributed by atoms with van der Waals surface area (Å²) in [4.78, 5) is 4.16. The fourth-order valence-corrected chi connectivity index (χ4v) is 3.51. The molecule has 0 saturated heterocycles. The summed E-state index contributed by atoms with van der Waals surface area (Å²) in [5.74, 6) is 0. The Labute approximate surface area is 220 Å². The van der Waals surface area contributed by atoms with Crippen LogP contribution in [0.1, 0.15) is 11.1 Å². The topological polar surface area (TPSA) is 34.7 Å². The molecule has 0 spiro atoms. The second-order valence-corrected chi connectivity index (χ2v) is 8.56. The van der Waals surface area contributed by atoms with Gasteiger partial charge < -0.3 is 20.4 Å². The Morgan fingerprint density at radius 2 is 0.714 bits per heavy atom. The Balaban J connectivity index is 0.000000240. The van der Waals surface area contributed by atoms with Gasteiger partial charge in [0.15, 0.2) is 0 Å². The van der Waals surface area contributed by atoms with E-state index in [1.165, 1.54) is 11.1 Å². The van der Waals surface area contributed by atoms with Crippen LogP contribution in [-0.4, -0.2) is 28.2 Å². The van der Waals surface area contributed by atoms with Crippen LogP contribution in [-0.2, 0) is 16.5 Å². The van der Waals surface area contributed by atoms with Crippen LogP contribution in [0.2, 0.25) is 0 Å². The van der Waals surface area contributed by atoms with Crippen molar-refractivity contribution in [3.05, 3.63) is 119 Å². The van der Waals surface area contributed by atoms with Gasteiger partial charge in [-0.05, 0) is 26.0 Å². The fourth-order valence-electron chi connectivity index (χ4n) is 3.51. The first kappa shape index (κ1) is 27.8. The molecule has 0 aliphatic heterocycles. The van der Waals surface area contributed by atoms with Gasteiger partial charge in [-0.2, -0.15) is 0 Å². The van der Waals surface area contributed by atoms with E-state index in [0.29, 0.717) is 0 Å². The molecule has 35 heavy (non-hydrogen) atoms. The minimum Gasteiger partial charge on any atom is -0.656 e. The molecule has 0 aliphatic carbocycles. The van der Waals surface area contributed by atoms with E-state index in [2.05, 4.69) is 47.9 Å². The van der Waals surface area contributed by atoms with Gasteiger partial charge in [-0.1, -0.05) is 96.1 Å². The molecule has 0 bridgehead atoms. The van der Waals surface area contributed by atoms with Crippen molar-refractivity contribution in [3.8, 4) is 0 Å². The minimum atomic E-state index is 0. The van der Waals surface area contributed by atoms with Gasteiger partial charge in [-0.25, -0.2) is 0 Å². The predicted octanol–water partition coefficient (Wildman–Crippen LogP) is 8.79. The molecule has 4 aromatic carbocycles. The Hall–Kier alpha value is -3.43. The zero-order valence-corrected chi connectivity index (χ0v) is 22.3. The van der Waals surface area contributed by atoms with Crippen LogP contribution < -0.4 is 9.80 Å². The smallest absolute Gasteiger partial charge is 0.656 e. The third kappa shape index (κ3) is 7.80. The first-order chi connectivity index (χ1) is 16.4. The molecule has 0 atom stereocenters. The maximum Gasteiger partial charge on any atom is 2.00 e. The second-order valence-electron chi connectivity index (χ2n) is 8.56. The van der Waals surface area contributed by atoms with E-state index in [9.17, 15) is 0 Å². The van der Waals surface area contributed by atoms with Crippen molar-refractivity contribution < 1.29 is 16.5 Å². The third-order valence-corrected chi connectivity index (χ3v) is 5.44. The zero-order valence-electron chi connectivity index (χ0n) is 21.3. The molecular weight excluding hydrogens is 475 g/mol. The van der Waals surface area contributed by atoms with Crippen LogP contribution >= 0.6 is 0 Å². The molecule has 0 amide bonds. The molecule has 0 heterocycles. The van der Waals surface area contributed by atoms with Crippen LogP contribution in [0.5, 0.6) is 0 Å². The van der Waals surface area contributed by atoms with E-state index in [0.717, 1.165) is 34.1 Å². The summed E-state index contributed by atoms with van der Waals surface area (Å²) >= 11 is 0. The molecule has 0 aliphatic rings. The molecule has 5 heteroatoms. The van der Waals surface area contributed by atoms with Gasteiger partial charge in [0, 0.05) is 39.6 Å². The van der Waals surface area contributed by atoms with Crippen LogP contribution in [0.4, 0.5) is 34.1 Å². The summed E-state index contributed by atoms with van der Waals surface area (Å²) in [7, 11) is 8.14. The first-order valence-corrected chi connectivity index (χ1v) is 11.4. The number of nitrogens with zero attached hydrogens (tertiary/aromatic N) is 4. The second kappa shape index (κ2) is 13.5. The van der Waals surface area contributed by atoms with Crippen molar-refractivity contribution in [1.82, 2.24) is 0 Å². The van der Waals surface area contributed by atoms with E-state index in [1.54, 1.807) is 0 Å². The van der Waals surface area contributed by atoms with Gasteiger partial charge in [0.1, 0.15) is 0 Å². The van der Waals surface area contributed by atoms with Gasteiger partial charge in [0.25, 0.3) is 0 Å². The Kier molecular flexibility index (Phi) is 10.7. The number of hydrogen-bond acceptors (Lipinski definition) is 2. The summed E-state index contributed by atoms with van der Waals surface area (Å²) in [6.07, 6.45) is 0. The van der Waals surface area contributed by atoms with Crippen molar-refractivity contribution in [2.24, 2.45) is 0 Å². The Bertz CT molecular complexity index is 1110. The van der Waals surface area contributed by atoms with Crippen LogP contribution in [0.15, 0.2) is 97.1 Å². The van der Waals surface area contributed by atoms with Gasteiger partial charge in [0.05, 0.1) is 0 Å². The summed E-state index contributed by atoms with van der Waals surface area (Å²) in [6.45, 7) is 4.16. The van der Waals surface area contributed by atoms with Gasteiger partial charge in [-0.15, -0.1) is 22.7 Å². The van der Waals surface area contributed by atoms with E-state index in [1.807, 2.05) is 101 Å². The van der Waals surface area contributed by atoms with E-state index in [4.69, 9.17) is 10.6 Å². The normalized spacial score (nSPS) is 9.77. The summed E-state index contributed by atoms with van der Waals surface area (Å²) in [5.41, 5.74) is 8.73. The molecule has 4 aromatic rings.